The summed E-state index contributed by atoms with van der Waals surface area (Å²) >= 11 is 0. The number of hydrogen-bond donors (Lipinski definition) is 1. The second-order valence-electron chi connectivity index (χ2n) is 4.64. The number of ether oxygens (including phenoxy) is 2. The lowest BCUT2D eigenvalue weighted by Crippen LogP contribution is -2.23. The highest BCUT2D eigenvalue weighted by atomic mass is 16.5. The summed E-state index contributed by atoms with van der Waals surface area (Å²) in [6.45, 7) is 7.66. The maximum atomic E-state index is 5.65. The number of nitrogens with one attached hydrogen (secondary N) is 1. The minimum atomic E-state index is 0.229. The van der Waals surface area contributed by atoms with Crippen LogP contribution in [-0.4, -0.2) is 26.4 Å². The van der Waals surface area contributed by atoms with E-state index in [2.05, 4.69) is 38.2 Å². The molecule has 0 saturated heterocycles. The molecule has 102 valence electrons. The third-order valence-corrected chi connectivity index (χ3v) is 2.70. The van der Waals surface area contributed by atoms with Gasteiger partial charge < -0.3 is 14.8 Å². The van der Waals surface area contributed by atoms with Crippen LogP contribution in [0.2, 0.25) is 0 Å². The van der Waals surface area contributed by atoms with Gasteiger partial charge in [0.1, 0.15) is 5.75 Å². The summed E-state index contributed by atoms with van der Waals surface area (Å²) in [5.74, 6) is 0.931. The summed E-state index contributed by atoms with van der Waals surface area (Å²) < 4.78 is 11.2. The Morgan fingerprint density at radius 3 is 2.33 bits per heavy atom. The fourth-order valence-electron chi connectivity index (χ4n) is 1.65. The monoisotopic (exact) mass is 251 g/mol. The highest BCUT2D eigenvalue weighted by Gasteiger charge is 2.10. The molecule has 0 aliphatic heterocycles. The zero-order valence-corrected chi connectivity index (χ0v) is 11.9. The van der Waals surface area contributed by atoms with Crippen LogP contribution >= 0.6 is 0 Å². The molecule has 0 aromatic heterocycles. The van der Waals surface area contributed by atoms with Gasteiger partial charge in [0.05, 0.1) is 25.4 Å². The van der Waals surface area contributed by atoms with Crippen molar-refractivity contribution in [3.8, 4) is 5.75 Å². The quantitative estimate of drug-likeness (QED) is 0.770. The van der Waals surface area contributed by atoms with Gasteiger partial charge in [0, 0.05) is 0 Å². The Morgan fingerprint density at radius 1 is 1.17 bits per heavy atom. The molecule has 1 atom stereocenters. The van der Waals surface area contributed by atoms with Crippen molar-refractivity contribution < 1.29 is 9.47 Å². The van der Waals surface area contributed by atoms with E-state index in [0.717, 1.165) is 18.8 Å². The van der Waals surface area contributed by atoms with Crippen molar-refractivity contribution in [1.29, 1.82) is 0 Å². The second kappa shape index (κ2) is 8.11. The third kappa shape index (κ3) is 5.07. The SMILES string of the molecule is CCCOc1ccc(C(COC(C)C)NC)cc1. The van der Waals surface area contributed by atoms with Gasteiger partial charge in [-0.15, -0.1) is 0 Å². The van der Waals surface area contributed by atoms with Crippen molar-refractivity contribution in [3.63, 3.8) is 0 Å². The van der Waals surface area contributed by atoms with E-state index in [-0.39, 0.29) is 12.1 Å². The molecule has 1 rings (SSSR count). The lowest BCUT2D eigenvalue weighted by molar-refractivity contribution is 0.0626. The lowest BCUT2D eigenvalue weighted by atomic mass is 10.1. The average molecular weight is 251 g/mol. The van der Waals surface area contributed by atoms with E-state index >= 15 is 0 Å². The molecule has 0 aliphatic rings. The van der Waals surface area contributed by atoms with Gasteiger partial charge in [0.25, 0.3) is 0 Å². The fraction of sp³-hybridized carbons (Fsp3) is 0.600. The lowest BCUT2D eigenvalue weighted by Gasteiger charge is -2.18. The molecule has 0 spiro atoms. The van der Waals surface area contributed by atoms with Crippen molar-refractivity contribution in [2.24, 2.45) is 0 Å². The van der Waals surface area contributed by atoms with Crippen LogP contribution in [-0.2, 0) is 4.74 Å². The largest absolute Gasteiger partial charge is 0.494 e. The first-order valence-electron chi connectivity index (χ1n) is 6.69. The smallest absolute Gasteiger partial charge is 0.119 e. The Kier molecular flexibility index (Phi) is 6.76. The molecular weight excluding hydrogens is 226 g/mol. The highest BCUT2D eigenvalue weighted by Crippen LogP contribution is 2.18. The number of rotatable bonds is 8. The molecule has 0 radical (unpaired) electrons. The minimum Gasteiger partial charge on any atom is -0.494 e. The molecule has 0 heterocycles. The predicted octanol–water partition coefficient (Wildman–Crippen LogP) is 3.16. The van der Waals surface area contributed by atoms with Crippen LogP contribution < -0.4 is 10.1 Å². The zero-order valence-electron chi connectivity index (χ0n) is 11.9. The predicted molar refractivity (Wildman–Crippen MR) is 75.1 cm³/mol. The van der Waals surface area contributed by atoms with E-state index in [1.165, 1.54) is 5.56 Å². The normalized spacial score (nSPS) is 12.7. The van der Waals surface area contributed by atoms with E-state index < -0.39 is 0 Å². The second-order valence-corrected chi connectivity index (χ2v) is 4.64. The molecule has 0 fully saturated rings. The molecule has 18 heavy (non-hydrogen) atoms. The van der Waals surface area contributed by atoms with Crippen molar-refractivity contribution in [2.45, 2.75) is 39.3 Å². The van der Waals surface area contributed by atoms with Gasteiger partial charge >= 0.3 is 0 Å². The maximum absolute atomic E-state index is 5.65. The number of benzene rings is 1. The van der Waals surface area contributed by atoms with Gasteiger partial charge in [-0.05, 0) is 45.0 Å². The van der Waals surface area contributed by atoms with Gasteiger partial charge in [0.2, 0.25) is 0 Å². The van der Waals surface area contributed by atoms with Crippen LogP contribution in [0.15, 0.2) is 24.3 Å². The molecular formula is C15H25NO2. The van der Waals surface area contributed by atoms with Gasteiger partial charge in [-0.25, -0.2) is 0 Å². The van der Waals surface area contributed by atoms with Crippen LogP contribution in [0.4, 0.5) is 0 Å². The van der Waals surface area contributed by atoms with E-state index in [0.29, 0.717) is 6.61 Å². The standard InChI is InChI=1S/C15H25NO2/c1-5-10-17-14-8-6-13(7-9-14)15(16-4)11-18-12(2)3/h6-9,12,15-16H,5,10-11H2,1-4H3. The van der Waals surface area contributed by atoms with Crippen molar-refractivity contribution in [3.05, 3.63) is 29.8 Å². The molecule has 1 aromatic rings. The van der Waals surface area contributed by atoms with Gasteiger partial charge in [-0.3, -0.25) is 0 Å². The van der Waals surface area contributed by atoms with E-state index in [9.17, 15) is 0 Å². The Labute approximate surface area is 110 Å². The first-order chi connectivity index (χ1) is 8.67. The summed E-state index contributed by atoms with van der Waals surface area (Å²) in [7, 11) is 1.95. The van der Waals surface area contributed by atoms with E-state index in [1.807, 2.05) is 19.2 Å². The van der Waals surface area contributed by atoms with E-state index in [4.69, 9.17) is 9.47 Å². The van der Waals surface area contributed by atoms with Crippen LogP contribution in [0.1, 0.15) is 38.8 Å². The third-order valence-electron chi connectivity index (χ3n) is 2.70. The summed E-state index contributed by atoms with van der Waals surface area (Å²) in [4.78, 5) is 0. The van der Waals surface area contributed by atoms with Crippen molar-refractivity contribution >= 4 is 0 Å². The first-order valence-corrected chi connectivity index (χ1v) is 6.69. The molecule has 0 amide bonds. The number of likely N-dealkylation sites (N-methyl/N-ethyl adjacent to an activating group) is 1. The number of hydrogen-bond acceptors (Lipinski definition) is 3. The first kappa shape index (κ1) is 15.0. The Balaban J connectivity index is 2.57. The van der Waals surface area contributed by atoms with Crippen molar-refractivity contribution in [2.75, 3.05) is 20.3 Å². The average Bonchev–Trinajstić information content (AvgIpc) is 2.38. The molecule has 0 bridgehead atoms. The summed E-state index contributed by atoms with van der Waals surface area (Å²) in [5.41, 5.74) is 1.22. The summed E-state index contributed by atoms with van der Waals surface area (Å²) in [6, 6.07) is 8.45. The minimum absolute atomic E-state index is 0.229. The topological polar surface area (TPSA) is 30.5 Å². The summed E-state index contributed by atoms with van der Waals surface area (Å²) in [5, 5.41) is 3.27. The summed E-state index contributed by atoms with van der Waals surface area (Å²) in [6.07, 6.45) is 1.29. The Hall–Kier alpha value is -1.06. The molecule has 0 aliphatic carbocycles. The molecule has 1 aromatic carbocycles. The van der Waals surface area contributed by atoms with E-state index in [1.54, 1.807) is 0 Å². The Bertz CT molecular complexity index is 322. The van der Waals surface area contributed by atoms with Gasteiger partial charge in [-0.1, -0.05) is 19.1 Å². The fourth-order valence-corrected chi connectivity index (χ4v) is 1.65. The van der Waals surface area contributed by atoms with Crippen LogP contribution in [0.3, 0.4) is 0 Å². The van der Waals surface area contributed by atoms with Crippen LogP contribution in [0.5, 0.6) is 5.75 Å². The molecule has 0 saturated carbocycles. The zero-order chi connectivity index (χ0) is 13.4. The van der Waals surface area contributed by atoms with Gasteiger partial charge in [-0.2, -0.15) is 0 Å². The highest BCUT2D eigenvalue weighted by molar-refractivity contribution is 5.29. The maximum Gasteiger partial charge on any atom is 0.119 e. The Morgan fingerprint density at radius 2 is 1.83 bits per heavy atom. The van der Waals surface area contributed by atoms with Crippen LogP contribution in [0.25, 0.3) is 0 Å². The molecule has 1 N–H and O–H groups in total. The van der Waals surface area contributed by atoms with Crippen LogP contribution in [0, 0.1) is 0 Å². The molecule has 1 unspecified atom stereocenters. The van der Waals surface area contributed by atoms with Crippen molar-refractivity contribution in [1.82, 2.24) is 5.32 Å². The van der Waals surface area contributed by atoms with Gasteiger partial charge in [0.15, 0.2) is 0 Å². The molecule has 3 heteroatoms. The molecule has 3 nitrogen and oxygen atoms in total.